The molecule has 1 aliphatic rings. The van der Waals surface area contributed by atoms with Crippen molar-refractivity contribution >= 4 is 5.69 Å². The van der Waals surface area contributed by atoms with Crippen molar-refractivity contribution in [3.05, 3.63) is 24.0 Å². The van der Waals surface area contributed by atoms with Gasteiger partial charge in [-0.25, -0.2) is 4.98 Å². The fourth-order valence-corrected chi connectivity index (χ4v) is 1.66. The number of aromatic nitrogens is 1. The van der Waals surface area contributed by atoms with Gasteiger partial charge in [-0.2, -0.15) is 13.2 Å². The van der Waals surface area contributed by atoms with Crippen LogP contribution in [0.15, 0.2) is 18.3 Å². The fourth-order valence-electron chi connectivity index (χ4n) is 1.66. The largest absolute Gasteiger partial charge is 0.433 e. The van der Waals surface area contributed by atoms with E-state index in [1.165, 1.54) is 12.3 Å². The molecule has 0 atom stereocenters. The molecule has 3 nitrogen and oxygen atoms in total. The van der Waals surface area contributed by atoms with Crippen LogP contribution in [0.25, 0.3) is 0 Å². The summed E-state index contributed by atoms with van der Waals surface area (Å²) in [6.45, 7) is 0. The first kappa shape index (κ1) is 11.2. The number of anilines is 1. The van der Waals surface area contributed by atoms with Crippen LogP contribution in [0.2, 0.25) is 0 Å². The van der Waals surface area contributed by atoms with Gasteiger partial charge in [-0.15, -0.1) is 0 Å². The molecule has 0 saturated heterocycles. The van der Waals surface area contributed by atoms with E-state index < -0.39 is 11.9 Å². The van der Waals surface area contributed by atoms with E-state index in [0.29, 0.717) is 5.69 Å². The van der Waals surface area contributed by atoms with E-state index in [2.05, 4.69) is 10.3 Å². The summed E-state index contributed by atoms with van der Waals surface area (Å²) >= 11 is 0. The van der Waals surface area contributed by atoms with Crippen molar-refractivity contribution < 1.29 is 13.2 Å². The second-order valence-electron chi connectivity index (χ2n) is 4.00. The molecule has 2 rings (SSSR count). The Balaban J connectivity index is 1.97. The Kier molecular flexibility index (Phi) is 2.75. The van der Waals surface area contributed by atoms with Crippen LogP contribution in [0, 0.1) is 0 Å². The third-order valence-corrected chi connectivity index (χ3v) is 2.60. The van der Waals surface area contributed by atoms with Gasteiger partial charge in [0.2, 0.25) is 0 Å². The highest BCUT2D eigenvalue weighted by Gasteiger charge is 2.32. The van der Waals surface area contributed by atoms with Gasteiger partial charge in [0.25, 0.3) is 0 Å². The molecule has 1 aromatic heterocycles. The molecule has 0 radical (unpaired) electrons. The molecular weight excluding hydrogens is 219 g/mol. The maximum atomic E-state index is 12.2. The Morgan fingerprint density at radius 3 is 2.44 bits per heavy atom. The molecule has 0 aliphatic heterocycles. The second kappa shape index (κ2) is 3.93. The van der Waals surface area contributed by atoms with Crippen LogP contribution in [0.5, 0.6) is 0 Å². The van der Waals surface area contributed by atoms with Crippen molar-refractivity contribution in [2.45, 2.75) is 31.1 Å². The summed E-state index contributed by atoms with van der Waals surface area (Å²) < 4.78 is 36.6. The molecule has 3 N–H and O–H groups in total. The van der Waals surface area contributed by atoms with Crippen LogP contribution in [-0.2, 0) is 6.18 Å². The van der Waals surface area contributed by atoms with E-state index in [4.69, 9.17) is 5.73 Å². The van der Waals surface area contributed by atoms with E-state index in [1.807, 2.05) is 0 Å². The fraction of sp³-hybridized carbons (Fsp3) is 0.500. The molecular formula is C10H12F3N3. The summed E-state index contributed by atoms with van der Waals surface area (Å²) in [4.78, 5) is 3.36. The standard InChI is InChI=1S/C10H12F3N3/c11-10(12,13)9-2-1-7(5-15-9)16-8-3-6(14)4-8/h1-2,5-6,8,16H,3-4,14H2/t6-,8+. The van der Waals surface area contributed by atoms with Crippen LogP contribution < -0.4 is 11.1 Å². The highest BCUT2D eigenvalue weighted by Crippen LogP contribution is 2.28. The van der Waals surface area contributed by atoms with Gasteiger partial charge in [0, 0.05) is 12.1 Å². The topological polar surface area (TPSA) is 50.9 Å². The third kappa shape index (κ3) is 2.44. The van der Waals surface area contributed by atoms with E-state index in [9.17, 15) is 13.2 Å². The summed E-state index contributed by atoms with van der Waals surface area (Å²) in [5.74, 6) is 0. The number of nitrogens with one attached hydrogen (secondary N) is 1. The van der Waals surface area contributed by atoms with Gasteiger partial charge in [0.15, 0.2) is 0 Å². The molecule has 0 amide bonds. The molecule has 1 heterocycles. The molecule has 88 valence electrons. The first-order valence-corrected chi connectivity index (χ1v) is 5.00. The lowest BCUT2D eigenvalue weighted by atomic mass is 9.87. The first-order chi connectivity index (χ1) is 7.45. The van der Waals surface area contributed by atoms with Gasteiger partial charge in [-0.05, 0) is 25.0 Å². The molecule has 16 heavy (non-hydrogen) atoms. The zero-order chi connectivity index (χ0) is 11.8. The zero-order valence-electron chi connectivity index (χ0n) is 8.46. The van der Waals surface area contributed by atoms with Crippen molar-refractivity contribution in [1.82, 2.24) is 4.98 Å². The number of rotatable bonds is 2. The normalized spacial score (nSPS) is 25.0. The van der Waals surface area contributed by atoms with Crippen molar-refractivity contribution in [2.24, 2.45) is 5.73 Å². The minimum atomic E-state index is -4.38. The molecule has 1 saturated carbocycles. The van der Waals surface area contributed by atoms with E-state index in [0.717, 1.165) is 18.9 Å². The average Bonchev–Trinajstić information content (AvgIpc) is 2.15. The van der Waals surface area contributed by atoms with Gasteiger partial charge in [-0.3, -0.25) is 0 Å². The highest BCUT2D eigenvalue weighted by molar-refractivity contribution is 5.43. The van der Waals surface area contributed by atoms with Gasteiger partial charge >= 0.3 is 6.18 Å². The third-order valence-electron chi connectivity index (χ3n) is 2.60. The summed E-state index contributed by atoms with van der Waals surface area (Å²) in [5.41, 5.74) is 5.33. The molecule has 0 unspecified atom stereocenters. The lowest BCUT2D eigenvalue weighted by molar-refractivity contribution is -0.141. The molecule has 1 fully saturated rings. The Bertz CT molecular complexity index is 355. The molecule has 1 aromatic rings. The summed E-state index contributed by atoms with van der Waals surface area (Å²) in [7, 11) is 0. The number of hydrogen-bond acceptors (Lipinski definition) is 3. The zero-order valence-corrected chi connectivity index (χ0v) is 8.46. The first-order valence-electron chi connectivity index (χ1n) is 5.00. The summed E-state index contributed by atoms with van der Waals surface area (Å²) in [6.07, 6.45) is -1.48. The van der Waals surface area contributed by atoms with Gasteiger partial charge in [0.05, 0.1) is 11.9 Å². The highest BCUT2D eigenvalue weighted by atomic mass is 19.4. The second-order valence-corrected chi connectivity index (χ2v) is 4.00. The lowest BCUT2D eigenvalue weighted by Gasteiger charge is -2.33. The van der Waals surface area contributed by atoms with Crippen molar-refractivity contribution in [3.8, 4) is 0 Å². The van der Waals surface area contributed by atoms with Crippen LogP contribution in [-0.4, -0.2) is 17.1 Å². The number of halogens is 3. The minimum Gasteiger partial charge on any atom is -0.381 e. The van der Waals surface area contributed by atoms with Crippen LogP contribution in [0.1, 0.15) is 18.5 Å². The van der Waals surface area contributed by atoms with Crippen molar-refractivity contribution in [3.63, 3.8) is 0 Å². The average molecular weight is 231 g/mol. The lowest BCUT2D eigenvalue weighted by Crippen LogP contribution is -2.44. The van der Waals surface area contributed by atoms with Crippen LogP contribution in [0.3, 0.4) is 0 Å². The molecule has 0 spiro atoms. The number of hydrogen-bond donors (Lipinski definition) is 2. The number of alkyl halides is 3. The van der Waals surface area contributed by atoms with Crippen molar-refractivity contribution in [1.29, 1.82) is 0 Å². The summed E-state index contributed by atoms with van der Waals surface area (Å²) in [6, 6.07) is 2.83. The molecule has 1 aliphatic carbocycles. The monoisotopic (exact) mass is 231 g/mol. The van der Waals surface area contributed by atoms with Gasteiger partial charge in [0.1, 0.15) is 5.69 Å². The Morgan fingerprint density at radius 2 is 2.00 bits per heavy atom. The van der Waals surface area contributed by atoms with E-state index in [-0.39, 0.29) is 12.1 Å². The van der Waals surface area contributed by atoms with Gasteiger partial charge in [-0.1, -0.05) is 0 Å². The van der Waals surface area contributed by atoms with E-state index in [1.54, 1.807) is 0 Å². The minimum absolute atomic E-state index is 0.208. The molecule has 0 aromatic carbocycles. The smallest absolute Gasteiger partial charge is 0.381 e. The Hall–Kier alpha value is -1.30. The quantitative estimate of drug-likeness (QED) is 0.818. The molecule has 6 heteroatoms. The number of pyridine rings is 1. The maximum Gasteiger partial charge on any atom is 0.433 e. The Labute approximate surface area is 90.9 Å². The predicted molar refractivity (Wildman–Crippen MR) is 53.9 cm³/mol. The van der Waals surface area contributed by atoms with Crippen LogP contribution in [0.4, 0.5) is 18.9 Å². The Morgan fingerprint density at radius 1 is 1.31 bits per heavy atom. The van der Waals surface area contributed by atoms with E-state index >= 15 is 0 Å². The summed E-state index contributed by atoms with van der Waals surface area (Å²) in [5, 5.41) is 3.08. The maximum absolute atomic E-state index is 12.2. The molecule has 0 bridgehead atoms. The SMILES string of the molecule is N[C@H]1C[C@@H](Nc2ccc(C(F)(F)F)nc2)C1. The number of nitrogens with zero attached hydrogens (tertiary/aromatic N) is 1. The predicted octanol–water partition coefficient (Wildman–Crippen LogP) is 2.00. The van der Waals surface area contributed by atoms with Crippen LogP contribution >= 0.6 is 0 Å². The van der Waals surface area contributed by atoms with Gasteiger partial charge < -0.3 is 11.1 Å². The number of nitrogens with two attached hydrogens (primary N) is 1. The van der Waals surface area contributed by atoms with Crippen molar-refractivity contribution in [2.75, 3.05) is 5.32 Å².